The molecule has 0 unspecified atom stereocenters. The summed E-state index contributed by atoms with van der Waals surface area (Å²) in [5.74, 6) is 0. The van der Waals surface area contributed by atoms with E-state index in [1.54, 1.807) is 13.8 Å². The number of hydrogen-bond donors (Lipinski definition) is 0. The molecule has 0 rings (SSSR count). The van der Waals surface area contributed by atoms with Crippen LogP contribution in [0, 0.1) is 11.3 Å². The fourth-order valence-corrected chi connectivity index (χ4v) is 0.0354. The maximum Gasteiger partial charge on any atom is 0.140 e. The SMILES string of the molecule is C=NC(C)(C)C#N.CC. The van der Waals surface area contributed by atoms with E-state index in [0.29, 0.717) is 0 Å². The molecule has 2 heteroatoms. The fraction of sp³-hybridized carbons (Fsp3) is 0.714. The van der Waals surface area contributed by atoms with Gasteiger partial charge in [-0.25, -0.2) is 0 Å². The van der Waals surface area contributed by atoms with Crippen LogP contribution in [0.1, 0.15) is 27.7 Å². The highest BCUT2D eigenvalue weighted by Crippen LogP contribution is 2.02. The Kier molecular flexibility index (Phi) is 6.49. The van der Waals surface area contributed by atoms with Crippen molar-refractivity contribution < 1.29 is 0 Å². The Bertz CT molecular complexity index is 109. The van der Waals surface area contributed by atoms with Gasteiger partial charge < -0.3 is 0 Å². The molecule has 0 aromatic heterocycles. The van der Waals surface area contributed by atoms with E-state index < -0.39 is 5.54 Å². The molecular formula is C7H14N2. The summed E-state index contributed by atoms with van der Waals surface area (Å²) < 4.78 is 0. The quantitative estimate of drug-likeness (QED) is 0.495. The Labute approximate surface area is 57.2 Å². The van der Waals surface area contributed by atoms with Gasteiger partial charge in [-0.05, 0) is 20.6 Å². The van der Waals surface area contributed by atoms with E-state index in [0.717, 1.165) is 0 Å². The summed E-state index contributed by atoms with van der Waals surface area (Å²) in [7, 11) is 0. The third-order valence-corrected chi connectivity index (χ3v) is 0.669. The van der Waals surface area contributed by atoms with Crippen LogP contribution in [0.4, 0.5) is 0 Å². The molecule has 0 atom stereocenters. The lowest BCUT2D eigenvalue weighted by molar-refractivity contribution is 0.679. The maximum atomic E-state index is 8.21. The van der Waals surface area contributed by atoms with Crippen molar-refractivity contribution in [1.29, 1.82) is 5.26 Å². The van der Waals surface area contributed by atoms with Crippen molar-refractivity contribution in [1.82, 2.24) is 0 Å². The molecule has 0 saturated heterocycles. The van der Waals surface area contributed by atoms with Crippen molar-refractivity contribution in [3.63, 3.8) is 0 Å². The minimum Gasteiger partial charge on any atom is -0.280 e. The van der Waals surface area contributed by atoms with Crippen molar-refractivity contribution in [3.8, 4) is 6.07 Å². The minimum atomic E-state index is -0.597. The van der Waals surface area contributed by atoms with Crippen molar-refractivity contribution >= 4 is 6.72 Å². The summed E-state index contributed by atoms with van der Waals surface area (Å²) in [6.45, 7) is 10.6. The van der Waals surface area contributed by atoms with Crippen LogP contribution >= 0.6 is 0 Å². The molecule has 0 saturated carbocycles. The molecule has 9 heavy (non-hydrogen) atoms. The van der Waals surface area contributed by atoms with Gasteiger partial charge in [0.15, 0.2) is 0 Å². The first-order chi connectivity index (χ1) is 4.12. The van der Waals surface area contributed by atoms with E-state index in [4.69, 9.17) is 5.26 Å². The minimum absolute atomic E-state index is 0.597. The van der Waals surface area contributed by atoms with Gasteiger partial charge in [0.2, 0.25) is 0 Å². The number of hydrogen-bond acceptors (Lipinski definition) is 2. The van der Waals surface area contributed by atoms with Crippen LogP contribution in [0.5, 0.6) is 0 Å². The zero-order valence-corrected chi connectivity index (χ0v) is 6.60. The highest BCUT2D eigenvalue weighted by atomic mass is 14.8. The second kappa shape index (κ2) is 5.30. The van der Waals surface area contributed by atoms with Gasteiger partial charge in [0.1, 0.15) is 5.54 Å². The lowest BCUT2D eigenvalue weighted by Gasteiger charge is -2.03. The van der Waals surface area contributed by atoms with Gasteiger partial charge in [-0.2, -0.15) is 5.26 Å². The molecule has 2 nitrogen and oxygen atoms in total. The molecule has 0 aliphatic heterocycles. The maximum absolute atomic E-state index is 8.21. The summed E-state index contributed by atoms with van der Waals surface area (Å²) in [6.07, 6.45) is 0. The Hall–Kier alpha value is -0.840. The Balaban J connectivity index is 0. The Morgan fingerprint density at radius 3 is 1.78 bits per heavy atom. The van der Waals surface area contributed by atoms with Gasteiger partial charge in [-0.1, -0.05) is 13.8 Å². The van der Waals surface area contributed by atoms with E-state index in [1.807, 2.05) is 19.9 Å². The third kappa shape index (κ3) is 7.16. The number of aliphatic imine (C=N–C) groups is 1. The second-order valence-corrected chi connectivity index (χ2v) is 1.83. The lowest BCUT2D eigenvalue weighted by atomic mass is 10.1. The van der Waals surface area contributed by atoms with Gasteiger partial charge >= 0.3 is 0 Å². The molecule has 0 bridgehead atoms. The smallest absolute Gasteiger partial charge is 0.140 e. The average molecular weight is 126 g/mol. The molecule has 0 fully saturated rings. The van der Waals surface area contributed by atoms with Crippen molar-refractivity contribution in [3.05, 3.63) is 0 Å². The topological polar surface area (TPSA) is 36.1 Å². The summed E-state index contributed by atoms with van der Waals surface area (Å²) in [5.41, 5.74) is -0.597. The van der Waals surface area contributed by atoms with Crippen molar-refractivity contribution in [2.45, 2.75) is 33.2 Å². The zero-order valence-electron chi connectivity index (χ0n) is 6.60. The monoisotopic (exact) mass is 126 g/mol. The molecule has 0 N–H and O–H groups in total. The predicted octanol–water partition coefficient (Wildman–Crippen LogP) is 2.02. The lowest BCUT2D eigenvalue weighted by Crippen LogP contribution is -2.10. The average Bonchev–Trinajstić information content (AvgIpc) is 1.93. The van der Waals surface area contributed by atoms with E-state index >= 15 is 0 Å². The molecule has 0 radical (unpaired) electrons. The third-order valence-electron chi connectivity index (χ3n) is 0.669. The van der Waals surface area contributed by atoms with Crippen LogP contribution in [0.2, 0.25) is 0 Å². The molecule has 0 heterocycles. The first-order valence-corrected chi connectivity index (χ1v) is 3.01. The summed E-state index contributed by atoms with van der Waals surface area (Å²) in [4.78, 5) is 3.53. The predicted molar refractivity (Wildman–Crippen MR) is 40.6 cm³/mol. The van der Waals surface area contributed by atoms with Gasteiger partial charge in [0, 0.05) is 0 Å². The fourth-order valence-electron chi connectivity index (χ4n) is 0.0354. The van der Waals surface area contributed by atoms with Gasteiger partial charge in [0.25, 0.3) is 0 Å². The van der Waals surface area contributed by atoms with Crippen LogP contribution in [0.3, 0.4) is 0 Å². The standard InChI is InChI=1S/C5H8N2.C2H6/c1-5(2,4-6)7-3;1-2/h3H2,1-2H3;1-2H3. The first kappa shape index (κ1) is 11.0. The molecule has 0 spiro atoms. The molecule has 0 aromatic rings. The van der Waals surface area contributed by atoms with E-state index in [9.17, 15) is 0 Å². The van der Waals surface area contributed by atoms with E-state index in [1.165, 1.54) is 0 Å². The first-order valence-electron chi connectivity index (χ1n) is 3.01. The molecule has 0 aliphatic rings. The molecule has 0 aromatic carbocycles. The summed E-state index contributed by atoms with van der Waals surface area (Å²) in [5, 5.41) is 8.21. The van der Waals surface area contributed by atoms with Crippen LogP contribution in [0.15, 0.2) is 4.99 Å². The largest absolute Gasteiger partial charge is 0.280 e. The molecular weight excluding hydrogens is 112 g/mol. The van der Waals surface area contributed by atoms with Gasteiger partial charge in [-0.15, -0.1) is 0 Å². The highest BCUT2D eigenvalue weighted by Gasteiger charge is 2.09. The Morgan fingerprint density at radius 2 is 1.78 bits per heavy atom. The number of nitrogens with zero attached hydrogens (tertiary/aromatic N) is 2. The molecule has 52 valence electrons. The normalized spacial score (nSPS) is 8.33. The van der Waals surface area contributed by atoms with Crippen LogP contribution in [0.25, 0.3) is 0 Å². The van der Waals surface area contributed by atoms with Gasteiger partial charge in [0.05, 0.1) is 6.07 Å². The Morgan fingerprint density at radius 1 is 1.44 bits per heavy atom. The van der Waals surface area contributed by atoms with Crippen molar-refractivity contribution in [2.24, 2.45) is 4.99 Å². The van der Waals surface area contributed by atoms with Crippen LogP contribution in [-0.2, 0) is 0 Å². The number of rotatable bonds is 1. The van der Waals surface area contributed by atoms with Crippen LogP contribution in [-0.4, -0.2) is 12.3 Å². The molecule has 0 amide bonds. The number of nitriles is 1. The zero-order chi connectivity index (χ0) is 7.91. The second-order valence-electron chi connectivity index (χ2n) is 1.83. The summed E-state index contributed by atoms with van der Waals surface area (Å²) >= 11 is 0. The van der Waals surface area contributed by atoms with Gasteiger partial charge in [-0.3, -0.25) is 4.99 Å². The highest BCUT2D eigenvalue weighted by molar-refractivity contribution is 5.27. The summed E-state index contributed by atoms with van der Waals surface area (Å²) in [6, 6.07) is 1.96. The molecule has 0 aliphatic carbocycles. The van der Waals surface area contributed by atoms with Crippen molar-refractivity contribution in [2.75, 3.05) is 0 Å². The van der Waals surface area contributed by atoms with E-state index in [-0.39, 0.29) is 0 Å². The van der Waals surface area contributed by atoms with Crippen LogP contribution < -0.4 is 0 Å². The van der Waals surface area contributed by atoms with E-state index in [2.05, 4.69) is 11.7 Å².